The highest BCUT2D eigenvalue weighted by molar-refractivity contribution is 5.67. The molecule has 0 spiro atoms. The van der Waals surface area contributed by atoms with Gasteiger partial charge in [0.1, 0.15) is 0 Å². The molecule has 1 atom stereocenters. The third-order valence-corrected chi connectivity index (χ3v) is 3.90. The zero-order valence-corrected chi connectivity index (χ0v) is 11.2. The lowest BCUT2D eigenvalue weighted by Gasteiger charge is -2.22. The van der Waals surface area contributed by atoms with E-state index < -0.39 is 6.09 Å². The predicted octanol–water partition coefficient (Wildman–Crippen LogP) is 4.17. The summed E-state index contributed by atoms with van der Waals surface area (Å²) in [5, 5.41) is 9.20. The van der Waals surface area contributed by atoms with Gasteiger partial charge in [-0.15, -0.1) is 0 Å². The summed E-state index contributed by atoms with van der Waals surface area (Å²) in [5.74, 6) is 0. The number of amides is 1. The van der Waals surface area contributed by atoms with Gasteiger partial charge in [0.15, 0.2) is 0 Å². The normalized spacial score (nSPS) is 18.2. The highest BCUT2D eigenvalue weighted by Crippen LogP contribution is 2.32. The van der Waals surface area contributed by atoms with Gasteiger partial charge in [-0.3, -0.25) is 0 Å². The fraction of sp³-hybridized carbons (Fsp3) is 0.235. The van der Waals surface area contributed by atoms with Crippen molar-refractivity contribution in [3.63, 3.8) is 0 Å². The third kappa shape index (κ3) is 2.39. The molecule has 0 radical (unpaired) electrons. The maximum Gasteiger partial charge on any atom is 0.407 e. The van der Waals surface area contributed by atoms with Gasteiger partial charge in [-0.25, -0.2) is 4.79 Å². The lowest BCUT2D eigenvalue weighted by Crippen LogP contribution is -2.28. The summed E-state index contributed by atoms with van der Waals surface area (Å²) < 4.78 is 0. The molecule has 102 valence electrons. The number of rotatable bonds is 2. The summed E-state index contributed by atoms with van der Waals surface area (Å²) in [5.41, 5.74) is 3.43. The standard InChI is InChI=1S/C17H17NO2/c19-17(20)18-12-4-7-16(18)15-10-8-14(9-11-15)13-5-2-1-3-6-13/h1-3,5-6,8-11,16H,4,7,12H2,(H,19,20). The molecule has 3 heteroatoms. The van der Waals surface area contributed by atoms with E-state index in [1.54, 1.807) is 0 Å². The molecule has 1 unspecified atom stereocenters. The van der Waals surface area contributed by atoms with Crippen molar-refractivity contribution in [2.45, 2.75) is 18.9 Å². The first-order valence-corrected chi connectivity index (χ1v) is 6.90. The predicted molar refractivity (Wildman–Crippen MR) is 78.6 cm³/mol. The second-order valence-corrected chi connectivity index (χ2v) is 5.12. The minimum Gasteiger partial charge on any atom is -0.465 e. The summed E-state index contributed by atoms with van der Waals surface area (Å²) in [4.78, 5) is 12.7. The van der Waals surface area contributed by atoms with Crippen molar-refractivity contribution < 1.29 is 9.90 Å². The van der Waals surface area contributed by atoms with Crippen LogP contribution in [0.4, 0.5) is 4.79 Å². The van der Waals surface area contributed by atoms with Crippen LogP contribution in [-0.4, -0.2) is 22.6 Å². The number of carbonyl (C=O) groups is 1. The van der Waals surface area contributed by atoms with Crippen molar-refractivity contribution in [3.8, 4) is 11.1 Å². The highest BCUT2D eigenvalue weighted by atomic mass is 16.4. The molecule has 0 aromatic heterocycles. The van der Waals surface area contributed by atoms with Crippen LogP contribution in [0.15, 0.2) is 54.6 Å². The van der Waals surface area contributed by atoms with Crippen molar-refractivity contribution in [1.82, 2.24) is 4.90 Å². The molecule has 0 aliphatic carbocycles. The molecule has 1 N–H and O–H groups in total. The number of likely N-dealkylation sites (tertiary alicyclic amines) is 1. The number of benzene rings is 2. The van der Waals surface area contributed by atoms with Crippen LogP contribution in [0.2, 0.25) is 0 Å². The Hall–Kier alpha value is -2.29. The van der Waals surface area contributed by atoms with Crippen molar-refractivity contribution in [2.75, 3.05) is 6.54 Å². The summed E-state index contributed by atoms with van der Waals surface area (Å²) in [6, 6.07) is 18.5. The molecular formula is C17H17NO2. The van der Waals surface area contributed by atoms with Crippen molar-refractivity contribution in [3.05, 3.63) is 60.2 Å². The second-order valence-electron chi connectivity index (χ2n) is 5.12. The molecule has 1 fully saturated rings. The van der Waals surface area contributed by atoms with Crippen molar-refractivity contribution >= 4 is 6.09 Å². The maximum atomic E-state index is 11.2. The van der Waals surface area contributed by atoms with Gasteiger partial charge in [0.2, 0.25) is 0 Å². The molecule has 1 saturated heterocycles. The molecule has 1 amide bonds. The lowest BCUT2D eigenvalue weighted by atomic mass is 10.00. The van der Waals surface area contributed by atoms with E-state index in [1.807, 2.05) is 30.3 Å². The quantitative estimate of drug-likeness (QED) is 0.887. The van der Waals surface area contributed by atoms with Crippen LogP contribution in [0.5, 0.6) is 0 Å². The summed E-state index contributed by atoms with van der Waals surface area (Å²) in [6.07, 6.45) is 1.04. The van der Waals surface area contributed by atoms with Gasteiger partial charge in [0.25, 0.3) is 0 Å². The Kier molecular flexibility index (Phi) is 3.42. The molecule has 3 nitrogen and oxygen atoms in total. The van der Waals surface area contributed by atoms with Gasteiger partial charge in [-0.05, 0) is 29.5 Å². The highest BCUT2D eigenvalue weighted by Gasteiger charge is 2.29. The van der Waals surface area contributed by atoms with Crippen LogP contribution >= 0.6 is 0 Å². The van der Waals surface area contributed by atoms with Crippen LogP contribution in [0.1, 0.15) is 24.4 Å². The molecule has 0 bridgehead atoms. The number of hydrogen-bond acceptors (Lipinski definition) is 1. The minimum absolute atomic E-state index is 0.0114. The molecular weight excluding hydrogens is 250 g/mol. The zero-order chi connectivity index (χ0) is 13.9. The van der Waals surface area contributed by atoms with Gasteiger partial charge < -0.3 is 10.0 Å². The van der Waals surface area contributed by atoms with E-state index in [0.29, 0.717) is 6.54 Å². The minimum atomic E-state index is -0.820. The van der Waals surface area contributed by atoms with Crippen LogP contribution < -0.4 is 0 Å². The monoisotopic (exact) mass is 267 g/mol. The fourth-order valence-electron chi connectivity index (χ4n) is 2.87. The maximum absolute atomic E-state index is 11.2. The van der Waals surface area contributed by atoms with E-state index >= 15 is 0 Å². The Morgan fingerprint density at radius 2 is 1.65 bits per heavy atom. The van der Waals surface area contributed by atoms with Crippen LogP contribution in [0.3, 0.4) is 0 Å². The Morgan fingerprint density at radius 1 is 1.00 bits per heavy atom. The Bertz CT molecular complexity index is 592. The van der Waals surface area contributed by atoms with Crippen molar-refractivity contribution in [2.24, 2.45) is 0 Å². The Morgan fingerprint density at radius 3 is 2.30 bits per heavy atom. The number of nitrogens with zero attached hydrogens (tertiary/aromatic N) is 1. The van der Waals surface area contributed by atoms with Crippen LogP contribution in [-0.2, 0) is 0 Å². The van der Waals surface area contributed by atoms with E-state index in [1.165, 1.54) is 10.5 Å². The summed E-state index contributed by atoms with van der Waals surface area (Å²) in [6.45, 7) is 0.639. The first-order chi connectivity index (χ1) is 9.75. The molecule has 1 heterocycles. The van der Waals surface area contributed by atoms with E-state index in [4.69, 9.17) is 0 Å². The van der Waals surface area contributed by atoms with Crippen LogP contribution in [0, 0.1) is 0 Å². The van der Waals surface area contributed by atoms with Gasteiger partial charge >= 0.3 is 6.09 Å². The van der Waals surface area contributed by atoms with E-state index in [0.717, 1.165) is 24.0 Å². The average molecular weight is 267 g/mol. The zero-order valence-electron chi connectivity index (χ0n) is 11.2. The topological polar surface area (TPSA) is 40.5 Å². The molecule has 20 heavy (non-hydrogen) atoms. The third-order valence-electron chi connectivity index (χ3n) is 3.90. The summed E-state index contributed by atoms with van der Waals surface area (Å²) in [7, 11) is 0. The lowest BCUT2D eigenvalue weighted by molar-refractivity contribution is 0.140. The van der Waals surface area contributed by atoms with E-state index in [-0.39, 0.29) is 6.04 Å². The largest absolute Gasteiger partial charge is 0.465 e. The van der Waals surface area contributed by atoms with E-state index in [2.05, 4.69) is 24.3 Å². The van der Waals surface area contributed by atoms with E-state index in [9.17, 15) is 9.90 Å². The molecule has 0 saturated carbocycles. The molecule has 1 aliphatic rings. The Balaban J connectivity index is 1.85. The van der Waals surface area contributed by atoms with Gasteiger partial charge in [-0.2, -0.15) is 0 Å². The van der Waals surface area contributed by atoms with Crippen molar-refractivity contribution in [1.29, 1.82) is 0 Å². The number of hydrogen-bond donors (Lipinski definition) is 1. The first-order valence-electron chi connectivity index (χ1n) is 6.90. The second kappa shape index (κ2) is 5.37. The van der Waals surface area contributed by atoms with Gasteiger partial charge in [0.05, 0.1) is 6.04 Å². The van der Waals surface area contributed by atoms with Gasteiger partial charge in [-0.1, -0.05) is 54.6 Å². The average Bonchev–Trinajstić information content (AvgIpc) is 2.98. The molecule has 2 aromatic rings. The van der Waals surface area contributed by atoms with Crippen LogP contribution in [0.25, 0.3) is 11.1 Å². The molecule has 1 aliphatic heterocycles. The first kappa shape index (κ1) is 12.7. The van der Waals surface area contributed by atoms with Gasteiger partial charge in [0, 0.05) is 6.54 Å². The number of carboxylic acid groups (broad SMARTS) is 1. The SMILES string of the molecule is O=C(O)N1CCCC1c1ccc(-c2ccccc2)cc1. The Labute approximate surface area is 118 Å². The molecule has 3 rings (SSSR count). The summed E-state index contributed by atoms with van der Waals surface area (Å²) >= 11 is 0. The molecule has 2 aromatic carbocycles. The fourth-order valence-corrected chi connectivity index (χ4v) is 2.87. The smallest absolute Gasteiger partial charge is 0.407 e.